The first-order chi connectivity index (χ1) is 13.8. The van der Waals surface area contributed by atoms with E-state index in [1.807, 2.05) is 24.3 Å². The second-order valence-corrected chi connectivity index (χ2v) is 7.79. The number of ether oxygens (including phenoxy) is 1. The van der Waals surface area contributed by atoms with Crippen molar-refractivity contribution in [3.8, 4) is 5.75 Å². The van der Waals surface area contributed by atoms with Crippen LogP contribution in [0, 0.1) is 0 Å². The van der Waals surface area contributed by atoms with Crippen LogP contribution in [0.15, 0.2) is 42.5 Å². The summed E-state index contributed by atoms with van der Waals surface area (Å²) in [6.45, 7) is 0.540. The van der Waals surface area contributed by atoms with E-state index in [9.17, 15) is 13.2 Å². The van der Waals surface area contributed by atoms with Crippen molar-refractivity contribution < 1.29 is 17.9 Å². The molecule has 1 aliphatic rings. The van der Waals surface area contributed by atoms with Crippen LogP contribution < -0.4 is 10.1 Å². The molecule has 2 aromatic rings. The summed E-state index contributed by atoms with van der Waals surface area (Å²) in [5.41, 5.74) is 0.554. The van der Waals surface area contributed by atoms with E-state index in [0.29, 0.717) is 17.3 Å². The monoisotopic (exact) mass is 442 g/mol. The molecule has 0 aliphatic heterocycles. The first-order valence-corrected chi connectivity index (χ1v) is 10.1. The zero-order valence-electron chi connectivity index (χ0n) is 15.9. The van der Waals surface area contributed by atoms with Gasteiger partial charge in [0.1, 0.15) is 5.75 Å². The van der Waals surface area contributed by atoms with Crippen LogP contribution in [0.5, 0.6) is 5.75 Å². The number of hydrogen-bond donors (Lipinski definition) is 1. The molecule has 3 rings (SSSR count). The maximum atomic E-state index is 12.9. The Morgan fingerprint density at radius 2 is 1.90 bits per heavy atom. The number of hydrogen-bond acceptors (Lipinski definition) is 2. The van der Waals surface area contributed by atoms with Gasteiger partial charge in [-0.1, -0.05) is 42.6 Å². The van der Waals surface area contributed by atoms with Crippen molar-refractivity contribution in [2.24, 2.45) is 0 Å². The van der Waals surface area contributed by atoms with Gasteiger partial charge in [0.05, 0.1) is 23.4 Å². The van der Waals surface area contributed by atoms with Crippen molar-refractivity contribution >= 4 is 34.6 Å². The fraction of sp³-hybridized carbons (Fsp3) is 0.381. The predicted molar refractivity (Wildman–Crippen MR) is 113 cm³/mol. The maximum Gasteiger partial charge on any atom is 0.416 e. The Morgan fingerprint density at radius 1 is 1.21 bits per heavy atom. The van der Waals surface area contributed by atoms with Crippen molar-refractivity contribution in [2.75, 3.05) is 12.4 Å². The van der Waals surface area contributed by atoms with E-state index in [1.165, 1.54) is 6.07 Å². The first kappa shape index (κ1) is 21.7. The Kier molecular flexibility index (Phi) is 6.90. The summed E-state index contributed by atoms with van der Waals surface area (Å²) in [7, 11) is 1.62. The minimum absolute atomic E-state index is 0.0224. The predicted octanol–water partition coefficient (Wildman–Crippen LogP) is 6.51. The van der Waals surface area contributed by atoms with Crippen LogP contribution in [0.2, 0.25) is 5.02 Å². The Hall–Kier alpha value is -1.99. The van der Waals surface area contributed by atoms with Crippen LogP contribution in [0.3, 0.4) is 0 Å². The zero-order valence-corrected chi connectivity index (χ0v) is 17.5. The quantitative estimate of drug-likeness (QED) is 0.533. The lowest BCUT2D eigenvalue weighted by Gasteiger charge is -2.32. The number of anilines is 1. The van der Waals surface area contributed by atoms with E-state index >= 15 is 0 Å². The van der Waals surface area contributed by atoms with Gasteiger partial charge in [-0.2, -0.15) is 13.2 Å². The van der Waals surface area contributed by atoms with Gasteiger partial charge >= 0.3 is 6.18 Å². The smallest absolute Gasteiger partial charge is 0.416 e. The molecule has 2 aromatic carbocycles. The van der Waals surface area contributed by atoms with E-state index in [-0.39, 0.29) is 11.1 Å². The number of alkyl halides is 3. The summed E-state index contributed by atoms with van der Waals surface area (Å²) >= 11 is 11.7. The Morgan fingerprint density at radius 3 is 2.52 bits per heavy atom. The van der Waals surface area contributed by atoms with Crippen LogP contribution in [0.4, 0.5) is 18.9 Å². The summed E-state index contributed by atoms with van der Waals surface area (Å²) in [6, 6.07) is 11.2. The van der Waals surface area contributed by atoms with Gasteiger partial charge in [0.25, 0.3) is 0 Å². The molecule has 1 aliphatic carbocycles. The SMILES string of the molecule is COc1ccccc1CN(C(=S)Nc1ccc(C(F)(F)F)cc1Cl)C1CCCC1. The van der Waals surface area contributed by atoms with Crippen LogP contribution in [-0.2, 0) is 12.7 Å². The van der Waals surface area contributed by atoms with Crippen molar-refractivity contribution in [1.82, 2.24) is 4.90 Å². The Labute approximate surface area is 178 Å². The van der Waals surface area contributed by atoms with Crippen molar-refractivity contribution in [2.45, 2.75) is 44.4 Å². The van der Waals surface area contributed by atoms with Gasteiger partial charge in [0.2, 0.25) is 0 Å². The highest BCUT2D eigenvalue weighted by molar-refractivity contribution is 7.80. The van der Waals surface area contributed by atoms with E-state index < -0.39 is 11.7 Å². The third kappa shape index (κ3) is 5.34. The number of rotatable bonds is 5. The second-order valence-electron chi connectivity index (χ2n) is 7.00. The Bertz CT molecular complexity index is 869. The molecular weight excluding hydrogens is 421 g/mol. The summed E-state index contributed by atoms with van der Waals surface area (Å²) in [4.78, 5) is 2.08. The fourth-order valence-corrected chi connectivity index (χ4v) is 4.13. The molecule has 3 nitrogen and oxygen atoms in total. The van der Waals surface area contributed by atoms with Gasteiger partial charge in [-0.05, 0) is 49.3 Å². The third-order valence-electron chi connectivity index (χ3n) is 5.10. The summed E-state index contributed by atoms with van der Waals surface area (Å²) < 4.78 is 44.1. The molecule has 156 valence electrons. The molecule has 0 heterocycles. The van der Waals surface area contributed by atoms with Crippen LogP contribution >= 0.6 is 23.8 Å². The molecule has 0 bridgehead atoms. The number of halogens is 4. The fourth-order valence-electron chi connectivity index (χ4n) is 3.58. The van der Waals surface area contributed by atoms with E-state index in [4.69, 9.17) is 28.6 Å². The van der Waals surface area contributed by atoms with Gasteiger partial charge in [0.15, 0.2) is 5.11 Å². The summed E-state index contributed by atoms with van der Waals surface area (Å²) in [5, 5.41) is 3.45. The highest BCUT2D eigenvalue weighted by Gasteiger charge is 2.31. The minimum Gasteiger partial charge on any atom is -0.496 e. The van der Waals surface area contributed by atoms with Gasteiger partial charge in [-0.3, -0.25) is 0 Å². The molecular formula is C21H22ClF3N2OS. The van der Waals surface area contributed by atoms with Gasteiger partial charge < -0.3 is 15.0 Å². The number of nitrogens with zero attached hydrogens (tertiary/aromatic N) is 1. The van der Waals surface area contributed by atoms with Gasteiger partial charge in [0, 0.05) is 18.2 Å². The number of benzene rings is 2. The molecule has 1 N–H and O–H groups in total. The molecule has 0 radical (unpaired) electrons. The molecule has 0 aromatic heterocycles. The highest BCUT2D eigenvalue weighted by atomic mass is 35.5. The number of thiocarbonyl (C=S) groups is 1. The molecule has 1 saturated carbocycles. The van der Waals surface area contributed by atoms with Crippen molar-refractivity contribution in [3.63, 3.8) is 0 Å². The largest absolute Gasteiger partial charge is 0.496 e. The standard InChI is InChI=1S/C21H22ClF3N2OS/c1-28-19-9-5-2-6-14(19)13-27(16-7-3-4-8-16)20(29)26-18-11-10-15(12-17(18)22)21(23,24)25/h2,5-6,9-12,16H,3-4,7-8,13H2,1H3,(H,26,29). The molecule has 0 saturated heterocycles. The van der Waals surface area contributed by atoms with Crippen LogP contribution in [0.25, 0.3) is 0 Å². The number of methoxy groups -OCH3 is 1. The van der Waals surface area contributed by atoms with Gasteiger partial charge in [-0.15, -0.1) is 0 Å². The lowest BCUT2D eigenvalue weighted by molar-refractivity contribution is -0.137. The number of para-hydroxylation sites is 1. The molecule has 0 amide bonds. The van der Waals surface area contributed by atoms with Crippen LogP contribution in [-0.4, -0.2) is 23.2 Å². The Balaban J connectivity index is 1.82. The lowest BCUT2D eigenvalue weighted by atomic mass is 10.1. The third-order valence-corrected chi connectivity index (χ3v) is 5.75. The summed E-state index contributed by atoms with van der Waals surface area (Å²) in [5.74, 6) is 0.769. The molecule has 0 spiro atoms. The molecule has 0 atom stereocenters. The van der Waals surface area contributed by atoms with E-state index in [1.54, 1.807) is 7.11 Å². The number of nitrogens with one attached hydrogen (secondary N) is 1. The average Bonchev–Trinajstić information content (AvgIpc) is 3.21. The highest BCUT2D eigenvalue weighted by Crippen LogP contribution is 2.34. The maximum absolute atomic E-state index is 12.9. The average molecular weight is 443 g/mol. The first-order valence-electron chi connectivity index (χ1n) is 9.36. The van der Waals surface area contributed by atoms with Crippen LogP contribution in [0.1, 0.15) is 36.8 Å². The molecule has 1 fully saturated rings. The summed E-state index contributed by atoms with van der Waals surface area (Å²) in [6.07, 6.45) is -0.175. The van der Waals surface area contributed by atoms with Gasteiger partial charge in [-0.25, -0.2) is 0 Å². The van der Waals surface area contributed by atoms with Crippen molar-refractivity contribution in [1.29, 1.82) is 0 Å². The topological polar surface area (TPSA) is 24.5 Å². The molecule has 8 heteroatoms. The normalized spacial score (nSPS) is 14.7. The minimum atomic E-state index is -4.44. The lowest BCUT2D eigenvalue weighted by Crippen LogP contribution is -2.41. The molecule has 0 unspecified atom stereocenters. The zero-order chi connectivity index (χ0) is 21.0. The second kappa shape index (κ2) is 9.22. The van der Waals surface area contributed by atoms with E-state index in [2.05, 4.69) is 10.2 Å². The molecule has 29 heavy (non-hydrogen) atoms. The van der Waals surface area contributed by atoms with Crippen molar-refractivity contribution in [3.05, 3.63) is 58.6 Å². The van der Waals surface area contributed by atoms with E-state index in [0.717, 1.165) is 49.1 Å².